The molecule has 2 saturated heterocycles. The highest BCUT2D eigenvalue weighted by molar-refractivity contribution is 4.95. The van der Waals surface area contributed by atoms with Crippen LogP contribution < -0.4 is 0 Å². The van der Waals surface area contributed by atoms with Gasteiger partial charge in [0.15, 0.2) is 0 Å². The number of rotatable bonds is 0. The van der Waals surface area contributed by atoms with Gasteiger partial charge in [0.05, 0.1) is 18.3 Å². The van der Waals surface area contributed by atoms with Crippen LogP contribution in [0.4, 0.5) is 0 Å². The Morgan fingerprint density at radius 3 is 2.78 bits per heavy atom. The second kappa shape index (κ2) is 1.70. The van der Waals surface area contributed by atoms with Crippen LogP contribution in [0.25, 0.3) is 0 Å². The molecule has 0 N–H and O–H groups in total. The van der Waals surface area contributed by atoms with Gasteiger partial charge in [-0.25, -0.2) is 0 Å². The summed E-state index contributed by atoms with van der Waals surface area (Å²) in [5.41, 5.74) is 0.275. The van der Waals surface area contributed by atoms with Gasteiger partial charge in [0.25, 0.3) is 0 Å². The van der Waals surface area contributed by atoms with Gasteiger partial charge in [-0.2, -0.15) is 0 Å². The van der Waals surface area contributed by atoms with Crippen molar-refractivity contribution >= 4 is 0 Å². The summed E-state index contributed by atoms with van der Waals surface area (Å²) < 4.78 is 10.7. The quantitative estimate of drug-likeness (QED) is 0.453. The van der Waals surface area contributed by atoms with E-state index in [0.717, 1.165) is 26.1 Å². The zero-order chi connectivity index (χ0) is 6.32. The molecule has 2 rings (SSSR count). The summed E-state index contributed by atoms with van der Waals surface area (Å²) in [5.74, 6) is 0. The fourth-order valence-corrected chi connectivity index (χ4v) is 1.50. The molecule has 0 radical (unpaired) electrons. The van der Waals surface area contributed by atoms with Crippen LogP contribution in [-0.4, -0.2) is 24.9 Å². The molecule has 0 aliphatic carbocycles. The Morgan fingerprint density at radius 1 is 1.56 bits per heavy atom. The van der Waals surface area contributed by atoms with E-state index in [1.165, 1.54) is 0 Å². The molecule has 0 aromatic heterocycles. The molecule has 0 saturated carbocycles. The van der Waals surface area contributed by atoms with E-state index in [-0.39, 0.29) is 5.60 Å². The van der Waals surface area contributed by atoms with E-state index in [1.54, 1.807) is 0 Å². The van der Waals surface area contributed by atoms with Crippen molar-refractivity contribution in [3.8, 4) is 0 Å². The molecule has 0 amide bonds. The lowest BCUT2D eigenvalue weighted by atomic mass is 9.97. The maximum absolute atomic E-state index is 5.37. The van der Waals surface area contributed by atoms with Gasteiger partial charge in [-0.05, 0) is 6.92 Å². The fraction of sp³-hybridized carbons (Fsp3) is 1.00. The Labute approximate surface area is 55.1 Å². The van der Waals surface area contributed by atoms with E-state index < -0.39 is 0 Å². The molecule has 0 bridgehead atoms. The van der Waals surface area contributed by atoms with Crippen LogP contribution in [0.1, 0.15) is 19.8 Å². The normalized spacial score (nSPS) is 49.7. The van der Waals surface area contributed by atoms with Crippen LogP contribution in [0.15, 0.2) is 0 Å². The molecule has 0 aromatic rings. The van der Waals surface area contributed by atoms with Crippen molar-refractivity contribution in [1.82, 2.24) is 0 Å². The van der Waals surface area contributed by atoms with Crippen molar-refractivity contribution in [3.05, 3.63) is 0 Å². The molecule has 0 unspecified atom stereocenters. The highest BCUT2D eigenvalue weighted by Gasteiger charge is 2.47. The Balaban J connectivity index is 1.96. The van der Waals surface area contributed by atoms with Crippen molar-refractivity contribution in [2.45, 2.75) is 31.5 Å². The van der Waals surface area contributed by atoms with E-state index in [9.17, 15) is 0 Å². The Bertz CT molecular complexity index is 118. The first-order valence-electron chi connectivity index (χ1n) is 3.56. The zero-order valence-corrected chi connectivity index (χ0v) is 5.72. The van der Waals surface area contributed by atoms with Gasteiger partial charge in [-0.3, -0.25) is 0 Å². The van der Waals surface area contributed by atoms with Crippen molar-refractivity contribution in [3.63, 3.8) is 0 Å². The number of ether oxygens (including phenoxy) is 2. The molecule has 2 fully saturated rings. The van der Waals surface area contributed by atoms with E-state index in [1.807, 2.05) is 0 Å². The van der Waals surface area contributed by atoms with Crippen molar-refractivity contribution in [2.75, 3.05) is 13.2 Å². The minimum absolute atomic E-state index is 0.275. The van der Waals surface area contributed by atoms with Gasteiger partial charge in [-0.1, -0.05) is 0 Å². The second-order valence-electron chi connectivity index (χ2n) is 3.11. The van der Waals surface area contributed by atoms with Crippen molar-refractivity contribution in [2.24, 2.45) is 0 Å². The molecule has 2 aliphatic rings. The minimum atomic E-state index is 0.275. The first-order valence-corrected chi connectivity index (χ1v) is 3.56. The first kappa shape index (κ1) is 5.69. The largest absolute Gasteiger partial charge is 0.378 e. The molecule has 9 heavy (non-hydrogen) atoms. The maximum Gasteiger partial charge on any atom is 0.0963 e. The third-order valence-corrected chi connectivity index (χ3v) is 2.17. The number of hydrogen-bond donors (Lipinski definition) is 0. The average molecular weight is 128 g/mol. The lowest BCUT2D eigenvalue weighted by molar-refractivity contribution is -0.00876. The molecular formula is C7H12O2. The predicted molar refractivity (Wildman–Crippen MR) is 33.3 cm³/mol. The van der Waals surface area contributed by atoms with Crippen LogP contribution >= 0.6 is 0 Å². The van der Waals surface area contributed by atoms with Crippen LogP contribution in [0, 0.1) is 0 Å². The topological polar surface area (TPSA) is 21.8 Å². The highest BCUT2D eigenvalue weighted by Crippen LogP contribution is 2.39. The van der Waals surface area contributed by atoms with Gasteiger partial charge in [0.1, 0.15) is 0 Å². The van der Waals surface area contributed by atoms with E-state index in [2.05, 4.69) is 6.92 Å². The smallest absolute Gasteiger partial charge is 0.0963 e. The molecule has 1 spiro atoms. The minimum Gasteiger partial charge on any atom is -0.378 e. The summed E-state index contributed by atoms with van der Waals surface area (Å²) in [6.45, 7) is 3.98. The van der Waals surface area contributed by atoms with Gasteiger partial charge in [-0.15, -0.1) is 0 Å². The molecule has 2 nitrogen and oxygen atoms in total. The highest BCUT2D eigenvalue weighted by atomic mass is 16.6. The van der Waals surface area contributed by atoms with Gasteiger partial charge in [0.2, 0.25) is 0 Å². The third-order valence-electron chi connectivity index (χ3n) is 2.17. The lowest BCUT2D eigenvalue weighted by Crippen LogP contribution is -2.29. The van der Waals surface area contributed by atoms with Crippen LogP contribution in [0.3, 0.4) is 0 Å². The van der Waals surface area contributed by atoms with E-state index >= 15 is 0 Å². The van der Waals surface area contributed by atoms with Gasteiger partial charge < -0.3 is 9.47 Å². The number of epoxide rings is 1. The Morgan fingerprint density at radius 2 is 2.33 bits per heavy atom. The molecule has 2 atom stereocenters. The van der Waals surface area contributed by atoms with Gasteiger partial charge in [0, 0.05) is 19.4 Å². The molecular weight excluding hydrogens is 116 g/mol. The second-order valence-corrected chi connectivity index (χ2v) is 3.11. The fourth-order valence-electron chi connectivity index (χ4n) is 1.50. The predicted octanol–water partition coefficient (Wildman–Crippen LogP) is 0.954. The molecule has 0 aromatic carbocycles. The van der Waals surface area contributed by atoms with Crippen LogP contribution in [-0.2, 0) is 9.47 Å². The summed E-state index contributed by atoms with van der Waals surface area (Å²) in [6, 6.07) is 0. The van der Waals surface area contributed by atoms with E-state index in [4.69, 9.17) is 9.47 Å². The van der Waals surface area contributed by atoms with Crippen molar-refractivity contribution in [1.29, 1.82) is 0 Å². The summed E-state index contributed by atoms with van der Waals surface area (Å²) >= 11 is 0. The van der Waals surface area contributed by atoms with Gasteiger partial charge >= 0.3 is 0 Å². The Hall–Kier alpha value is -0.0800. The average Bonchev–Trinajstić information content (AvgIpc) is 2.49. The standard InChI is InChI=1S/C7H12O2/c1-6-4-7(5-9-7)2-3-8-6/h6H,2-5H2,1H3/t6-,7+/m1/s1. The molecule has 2 heterocycles. The molecule has 52 valence electrons. The summed E-state index contributed by atoms with van der Waals surface area (Å²) in [7, 11) is 0. The first-order chi connectivity index (χ1) is 4.31. The third kappa shape index (κ3) is 0.970. The maximum atomic E-state index is 5.37. The molecule has 2 heteroatoms. The monoisotopic (exact) mass is 128 g/mol. The zero-order valence-electron chi connectivity index (χ0n) is 5.72. The van der Waals surface area contributed by atoms with Crippen LogP contribution in [0.5, 0.6) is 0 Å². The van der Waals surface area contributed by atoms with Crippen molar-refractivity contribution < 1.29 is 9.47 Å². The lowest BCUT2D eigenvalue weighted by Gasteiger charge is -2.24. The SMILES string of the molecule is C[C@@H]1C[C@@]2(CCO1)CO2. The Kier molecular flexibility index (Phi) is 1.08. The van der Waals surface area contributed by atoms with E-state index in [0.29, 0.717) is 6.10 Å². The molecule has 2 aliphatic heterocycles. The summed E-state index contributed by atoms with van der Waals surface area (Å²) in [4.78, 5) is 0. The summed E-state index contributed by atoms with van der Waals surface area (Å²) in [5, 5.41) is 0. The number of hydrogen-bond acceptors (Lipinski definition) is 2. The summed E-state index contributed by atoms with van der Waals surface area (Å²) in [6.07, 6.45) is 2.63. The van der Waals surface area contributed by atoms with Crippen LogP contribution in [0.2, 0.25) is 0 Å².